The molecular weight excluding hydrogens is 164 g/mol. The van der Waals surface area contributed by atoms with Crippen LogP contribution in [0.15, 0.2) is 16.7 Å². The van der Waals surface area contributed by atoms with Crippen molar-refractivity contribution >= 4 is 0 Å². The normalized spacial score (nSPS) is 8.15. The highest BCUT2D eigenvalue weighted by atomic mass is 16.3. The maximum Gasteiger partial charge on any atom is 0.177 e. The van der Waals surface area contributed by atoms with Crippen LogP contribution in [0, 0.1) is 23.7 Å². The lowest BCUT2D eigenvalue weighted by molar-refractivity contribution is 0.553. The Morgan fingerprint density at radius 3 is 2.54 bits per heavy atom. The first kappa shape index (κ1) is 9.41. The number of hydrogen-bond donors (Lipinski definition) is 2. The molecule has 4 N–H and O–H groups in total. The molecule has 0 amide bonds. The maximum absolute atomic E-state index is 5.21. The summed E-state index contributed by atoms with van der Waals surface area (Å²) >= 11 is 0. The zero-order valence-electron chi connectivity index (χ0n) is 7.13. The first-order chi connectivity index (χ1) is 6.36. The minimum Gasteiger partial charge on any atom is -0.455 e. The molecule has 0 aliphatic rings. The van der Waals surface area contributed by atoms with Gasteiger partial charge in [-0.15, -0.1) is 0 Å². The summed E-state index contributed by atoms with van der Waals surface area (Å²) in [6.45, 7) is 0.666. The minimum absolute atomic E-state index is 0.324. The third-order valence-corrected chi connectivity index (χ3v) is 1.25. The standard InChI is InChI=1S/C10H10N2O/c11-5-1-3-9-7-10(13-8-9)4-2-6-12/h7-8H,5-6,11-12H2. The topological polar surface area (TPSA) is 65.2 Å². The Balaban J connectivity index is 2.75. The van der Waals surface area contributed by atoms with E-state index in [1.807, 2.05) is 0 Å². The van der Waals surface area contributed by atoms with Gasteiger partial charge in [0.15, 0.2) is 5.76 Å². The summed E-state index contributed by atoms with van der Waals surface area (Å²) in [7, 11) is 0. The fourth-order valence-corrected chi connectivity index (χ4v) is 0.759. The van der Waals surface area contributed by atoms with Crippen LogP contribution in [-0.4, -0.2) is 13.1 Å². The molecular formula is C10H10N2O. The second-order valence-corrected chi connectivity index (χ2v) is 2.21. The molecule has 0 spiro atoms. The molecule has 66 valence electrons. The van der Waals surface area contributed by atoms with Crippen molar-refractivity contribution in [3.05, 3.63) is 23.7 Å². The largest absolute Gasteiger partial charge is 0.455 e. The van der Waals surface area contributed by atoms with E-state index in [0.29, 0.717) is 18.8 Å². The molecule has 0 fully saturated rings. The van der Waals surface area contributed by atoms with Gasteiger partial charge in [-0.05, 0) is 5.92 Å². The van der Waals surface area contributed by atoms with Crippen LogP contribution in [0.3, 0.4) is 0 Å². The molecule has 3 heteroatoms. The summed E-state index contributed by atoms with van der Waals surface area (Å²) in [6, 6.07) is 1.76. The Labute approximate surface area is 77.1 Å². The van der Waals surface area contributed by atoms with Gasteiger partial charge in [0.1, 0.15) is 6.26 Å². The minimum atomic E-state index is 0.324. The number of nitrogens with two attached hydrogens (primary N) is 2. The van der Waals surface area contributed by atoms with Crippen molar-refractivity contribution in [3.63, 3.8) is 0 Å². The monoisotopic (exact) mass is 174 g/mol. The molecule has 1 aromatic rings. The lowest BCUT2D eigenvalue weighted by Gasteiger charge is -1.74. The summed E-state index contributed by atoms with van der Waals surface area (Å²) < 4.78 is 5.09. The highest BCUT2D eigenvalue weighted by Crippen LogP contribution is 2.04. The lowest BCUT2D eigenvalue weighted by atomic mass is 10.3. The highest BCUT2D eigenvalue weighted by molar-refractivity contribution is 5.38. The molecule has 1 heterocycles. The molecule has 0 aliphatic carbocycles. The summed E-state index contributed by atoms with van der Waals surface area (Å²) in [6.07, 6.45) is 1.54. The van der Waals surface area contributed by atoms with E-state index in [0.717, 1.165) is 5.56 Å². The van der Waals surface area contributed by atoms with Crippen LogP contribution in [0.1, 0.15) is 11.3 Å². The molecule has 0 aromatic carbocycles. The Bertz CT molecular complexity index is 348. The first-order valence-corrected chi connectivity index (χ1v) is 3.83. The third kappa shape index (κ3) is 3.04. The van der Waals surface area contributed by atoms with Crippen LogP contribution < -0.4 is 11.5 Å². The number of furan rings is 1. The molecule has 0 radical (unpaired) electrons. The Morgan fingerprint density at radius 2 is 1.85 bits per heavy atom. The van der Waals surface area contributed by atoms with Gasteiger partial charge in [-0.1, -0.05) is 17.8 Å². The van der Waals surface area contributed by atoms with Gasteiger partial charge in [-0.2, -0.15) is 0 Å². The van der Waals surface area contributed by atoms with Gasteiger partial charge in [-0.3, -0.25) is 0 Å². The lowest BCUT2D eigenvalue weighted by Crippen LogP contribution is -1.92. The summed E-state index contributed by atoms with van der Waals surface area (Å²) in [4.78, 5) is 0. The molecule has 1 rings (SSSR count). The van der Waals surface area contributed by atoms with Crippen LogP contribution in [-0.2, 0) is 0 Å². The van der Waals surface area contributed by atoms with E-state index in [1.54, 1.807) is 12.3 Å². The molecule has 0 saturated heterocycles. The van der Waals surface area contributed by atoms with Gasteiger partial charge in [0.25, 0.3) is 0 Å². The first-order valence-electron chi connectivity index (χ1n) is 3.83. The Kier molecular flexibility index (Phi) is 3.66. The van der Waals surface area contributed by atoms with E-state index in [1.165, 1.54) is 0 Å². The van der Waals surface area contributed by atoms with Crippen molar-refractivity contribution < 1.29 is 4.42 Å². The van der Waals surface area contributed by atoms with Gasteiger partial charge in [0, 0.05) is 6.07 Å². The van der Waals surface area contributed by atoms with Crippen LogP contribution in [0.2, 0.25) is 0 Å². The highest BCUT2D eigenvalue weighted by Gasteiger charge is 1.93. The average Bonchev–Trinajstić information content (AvgIpc) is 2.59. The van der Waals surface area contributed by atoms with E-state index in [-0.39, 0.29) is 0 Å². The average molecular weight is 174 g/mol. The fraction of sp³-hybridized carbons (Fsp3) is 0.200. The molecule has 0 bridgehead atoms. The van der Waals surface area contributed by atoms with Crippen molar-refractivity contribution in [2.24, 2.45) is 11.5 Å². The molecule has 3 nitrogen and oxygen atoms in total. The zero-order valence-corrected chi connectivity index (χ0v) is 7.13. The van der Waals surface area contributed by atoms with E-state index in [4.69, 9.17) is 15.9 Å². The second kappa shape index (κ2) is 5.05. The van der Waals surface area contributed by atoms with Crippen molar-refractivity contribution in [1.29, 1.82) is 0 Å². The maximum atomic E-state index is 5.21. The Hall–Kier alpha value is -1.68. The quantitative estimate of drug-likeness (QED) is 0.540. The number of rotatable bonds is 0. The van der Waals surface area contributed by atoms with E-state index in [2.05, 4.69) is 23.7 Å². The molecule has 0 saturated carbocycles. The Morgan fingerprint density at radius 1 is 1.15 bits per heavy atom. The third-order valence-electron chi connectivity index (χ3n) is 1.25. The van der Waals surface area contributed by atoms with Gasteiger partial charge in [0.05, 0.1) is 18.7 Å². The van der Waals surface area contributed by atoms with Crippen LogP contribution >= 0.6 is 0 Å². The molecule has 1 aromatic heterocycles. The smallest absolute Gasteiger partial charge is 0.177 e. The van der Waals surface area contributed by atoms with E-state index >= 15 is 0 Å². The van der Waals surface area contributed by atoms with Gasteiger partial charge >= 0.3 is 0 Å². The summed E-state index contributed by atoms with van der Waals surface area (Å²) in [5, 5.41) is 0. The molecule has 0 unspecified atom stereocenters. The van der Waals surface area contributed by atoms with E-state index < -0.39 is 0 Å². The molecule has 0 aliphatic heterocycles. The molecule has 13 heavy (non-hydrogen) atoms. The fourth-order valence-electron chi connectivity index (χ4n) is 0.759. The van der Waals surface area contributed by atoms with E-state index in [9.17, 15) is 0 Å². The van der Waals surface area contributed by atoms with Crippen LogP contribution in [0.4, 0.5) is 0 Å². The summed E-state index contributed by atoms with van der Waals surface area (Å²) in [5.41, 5.74) is 11.2. The molecule has 0 atom stereocenters. The zero-order chi connectivity index (χ0) is 9.52. The van der Waals surface area contributed by atoms with Gasteiger partial charge in [-0.25, -0.2) is 0 Å². The second-order valence-electron chi connectivity index (χ2n) is 2.21. The van der Waals surface area contributed by atoms with Crippen molar-refractivity contribution in [2.75, 3.05) is 13.1 Å². The van der Waals surface area contributed by atoms with Gasteiger partial charge in [0.2, 0.25) is 0 Å². The summed E-state index contributed by atoms with van der Waals surface area (Å²) in [5.74, 6) is 11.6. The van der Waals surface area contributed by atoms with Crippen molar-refractivity contribution in [3.8, 4) is 23.7 Å². The van der Waals surface area contributed by atoms with Crippen LogP contribution in [0.5, 0.6) is 0 Å². The number of hydrogen-bond acceptors (Lipinski definition) is 3. The SMILES string of the molecule is NCC#Cc1coc(C#CCN)c1. The van der Waals surface area contributed by atoms with Crippen molar-refractivity contribution in [1.82, 2.24) is 0 Å². The van der Waals surface area contributed by atoms with Crippen LogP contribution in [0.25, 0.3) is 0 Å². The predicted molar refractivity (Wildman–Crippen MR) is 50.6 cm³/mol. The predicted octanol–water partition coefficient (Wildman–Crippen LogP) is -0.100. The van der Waals surface area contributed by atoms with Crippen molar-refractivity contribution in [2.45, 2.75) is 0 Å². The van der Waals surface area contributed by atoms with Gasteiger partial charge < -0.3 is 15.9 Å².